The zero-order chi connectivity index (χ0) is 13.0. The molecule has 1 heterocycles. The summed E-state index contributed by atoms with van der Waals surface area (Å²) < 4.78 is 1.53. The Morgan fingerprint density at radius 1 is 1.61 bits per heavy atom. The summed E-state index contributed by atoms with van der Waals surface area (Å²) in [5.41, 5.74) is 6.14. The van der Waals surface area contributed by atoms with Crippen molar-refractivity contribution in [2.75, 3.05) is 0 Å². The molecular weight excluding hydrogens is 230 g/mol. The quantitative estimate of drug-likeness (QED) is 0.794. The van der Waals surface area contributed by atoms with Crippen LogP contribution in [0.2, 0.25) is 0 Å². The highest BCUT2D eigenvalue weighted by Gasteiger charge is 2.22. The third-order valence-electron chi connectivity index (χ3n) is 3.60. The van der Waals surface area contributed by atoms with Crippen LogP contribution in [0.1, 0.15) is 38.3 Å². The predicted molar refractivity (Wildman–Crippen MR) is 67.5 cm³/mol. The summed E-state index contributed by atoms with van der Waals surface area (Å²) in [5, 5.41) is 10.7. The Bertz CT molecular complexity index is 397. The topological polar surface area (TPSA) is 85.8 Å². The van der Waals surface area contributed by atoms with Gasteiger partial charge in [0.05, 0.1) is 11.9 Å². The molecule has 2 rings (SSSR count). The third-order valence-corrected chi connectivity index (χ3v) is 3.60. The lowest BCUT2D eigenvalue weighted by Crippen LogP contribution is -2.39. The van der Waals surface area contributed by atoms with Crippen molar-refractivity contribution in [3.63, 3.8) is 0 Å². The summed E-state index contributed by atoms with van der Waals surface area (Å²) >= 11 is 0. The maximum Gasteiger partial charge on any atom is 0.242 e. The van der Waals surface area contributed by atoms with Gasteiger partial charge in [-0.2, -0.15) is 0 Å². The highest BCUT2D eigenvalue weighted by atomic mass is 16.2. The van der Waals surface area contributed by atoms with E-state index < -0.39 is 0 Å². The molecule has 0 bridgehead atoms. The molecular formula is C12H21N5O. The van der Waals surface area contributed by atoms with E-state index in [0.29, 0.717) is 18.2 Å². The number of amides is 1. The van der Waals surface area contributed by atoms with Crippen molar-refractivity contribution in [2.45, 2.75) is 51.7 Å². The van der Waals surface area contributed by atoms with Gasteiger partial charge in [0, 0.05) is 12.6 Å². The summed E-state index contributed by atoms with van der Waals surface area (Å²) in [5.74, 6) is 0.618. The molecule has 18 heavy (non-hydrogen) atoms. The zero-order valence-corrected chi connectivity index (χ0v) is 10.8. The maximum absolute atomic E-state index is 11.8. The van der Waals surface area contributed by atoms with Gasteiger partial charge in [-0.1, -0.05) is 18.1 Å². The van der Waals surface area contributed by atoms with E-state index in [1.165, 1.54) is 30.4 Å². The van der Waals surface area contributed by atoms with Gasteiger partial charge in [-0.05, 0) is 25.7 Å². The molecule has 0 radical (unpaired) electrons. The molecule has 0 spiro atoms. The molecule has 0 aliphatic heterocycles. The van der Waals surface area contributed by atoms with E-state index in [2.05, 4.69) is 22.6 Å². The molecule has 1 aromatic rings. The maximum atomic E-state index is 11.8. The minimum absolute atomic E-state index is 0.0112. The fourth-order valence-electron chi connectivity index (χ4n) is 2.53. The van der Waals surface area contributed by atoms with Gasteiger partial charge in [-0.25, -0.2) is 4.68 Å². The first-order valence-corrected chi connectivity index (χ1v) is 6.57. The molecule has 1 atom stereocenters. The Morgan fingerprint density at radius 2 is 2.33 bits per heavy atom. The third kappa shape index (κ3) is 3.29. The van der Waals surface area contributed by atoms with Crippen LogP contribution in [0.15, 0.2) is 6.20 Å². The highest BCUT2D eigenvalue weighted by molar-refractivity contribution is 5.75. The van der Waals surface area contributed by atoms with Crippen LogP contribution < -0.4 is 11.1 Å². The second-order valence-corrected chi connectivity index (χ2v) is 5.01. The minimum atomic E-state index is -0.0112. The van der Waals surface area contributed by atoms with E-state index in [1.807, 2.05) is 0 Å². The first-order chi connectivity index (χ1) is 8.69. The van der Waals surface area contributed by atoms with E-state index >= 15 is 0 Å². The lowest BCUT2D eigenvalue weighted by molar-refractivity contribution is -0.122. The number of rotatable bonds is 5. The van der Waals surface area contributed by atoms with Crippen molar-refractivity contribution >= 4 is 5.91 Å². The number of aromatic nitrogens is 3. The molecule has 100 valence electrons. The Kier molecular flexibility index (Phi) is 4.30. The molecule has 1 aromatic heterocycles. The summed E-state index contributed by atoms with van der Waals surface area (Å²) in [6, 6.07) is 0.248. The van der Waals surface area contributed by atoms with Gasteiger partial charge in [-0.3, -0.25) is 4.79 Å². The molecule has 3 N–H and O–H groups in total. The number of carbonyl (C=O) groups excluding carboxylic acids is 1. The number of hydrogen-bond donors (Lipinski definition) is 2. The van der Waals surface area contributed by atoms with E-state index in [-0.39, 0.29) is 18.5 Å². The Hall–Kier alpha value is -1.43. The van der Waals surface area contributed by atoms with Crippen LogP contribution in [0, 0.1) is 5.92 Å². The van der Waals surface area contributed by atoms with E-state index in [0.717, 1.165) is 0 Å². The minimum Gasteiger partial charge on any atom is -0.352 e. The molecule has 6 heteroatoms. The summed E-state index contributed by atoms with van der Waals surface area (Å²) in [4.78, 5) is 11.8. The monoisotopic (exact) mass is 251 g/mol. The second-order valence-electron chi connectivity index (χ2n) is 5.01. The van der Waals surface area contributed by atoms with Gasteiger partial charge in [0.2, 0.25) is 5.91 Å². The van der Waals surface area contributed by atoms with Crippen LogP contribution in [0.4, 0.5) is 0 Å². The lowest BCUT2D eigenvalue weighted by Gasteiger charge is -2.20. The predicted octanol–water partition coefficient (Wildman–Crippen LogP) is 0.432. The largest absolute Gasteiger partial charge is 0.352 e. The van der Waals surface area contributed by atoms with Crippen molar-refractivity contribution in [3.05, 3.63) is 11.9 Å². The fourth-order valence-corrected chi connectivity index (χ4v) is 2.53. The van der Waals surface area contributed by atoms with Crippen LogP contribution in [-0.2, 0) is 17.9 Å². The van der Waals surface area contributed by atoms with Gasteiger partial charge in [0.25, 0.3) is 0 Å². The van der Waals surface area contributed by atoms with E-state index in [9.17, 15) is 4.79 Å². The lowest BCUT2D eigenvalue weighted by atomic mass is 10.00. The molecule has 1 aliphatic carbocycles. The highest BCUT2D eigenvalue weighted by Crippen LogP contribution is 2.27. The number of nitrogens with one attached hydrogen (secondary N) is 1. The Morgan fingerprint density at radius 3 is 2.94 bits per heavy atom. The van der Waals surface area contributed by atoms with Crippen molar-refractivity contribution in [1.29, 1.82) is 0 Å². The molecule has 0 aromatic carbocycles. The van der Waals surface area contributed by atoms with Crippen LogP contribution in [-0.4, -0.2) is 26.9 Å². The first-order valence-electron chi connectivity index (χ1n) is 6.57. The van der Waals surface area contributed by atoms with Crippen molar-refractivity contribution in [3.8, 4) is 0 Å². The van der Waals surface area contributed by atoms with Crippen molar-refractivity contribution in [2.24, 2.45) is 11.7 Å². The number of nitrogens with two attached hydrogens (primary N) is 1. The Labute approximate surface area is 107 Å². The van der Waals surface area contributed by atoms with Crippen LogP contribution >= 0.6 is 0 Å². The van der Waals surface area contributed by atoms with Crippen molar-refractivity contribution < 1.29 is 4.79 Å². The molecule has 0 saturated heterocycles. The molecule has 6 nitrogen and oxygen atoms in total. The number of carbonyl (C=O) groups is 1. The van der Waals surface area contributed by atoms with Crippen LogP contribution in [0.5, 0.6) is 0 Å². The molecule has 1 fully saturated rings. The van der Waals surface area contributed by atoms with E-state index in [1.54, 1.807) is 6.20 Å². The summed E-state index contributed by atoms with van der Waals surface area (Å²) in [6.45, 7) is 2.64. The smallest absolute Gasteiger partial charge is 0.242 e. The number of nitrogens with zero attached hydrogens (tertiary/aromatic N) is 3. The second kappa shape index (κ2) is 5.95. The van der Waals surface area contributed by atoms with E-state index in [4.69, 9.17) is 5.73 Å². The average molecular weight is 251 g/mol. The fraction of sp³-hybridized carbons (Fsp3) is 0.750. The molecule has 1 amide bonds. The molecule has 1 saturated carbocycles. The normalized spacial score (nSPS) is 17.9. The number of hydrogen-bond acceptors (Lipinski definition) is 4. The Balaban J connectivity index is 1.80. The van der Waals surface area contributed by atoms with Crippen molar-refractivity contribution in [1.82, 2.24) is 20.3 Å². The van der Waals surface area contributed by atoms with Gasteiger partial charge in [0.15, 0.2) is 0 Å². The van der Waals surface area contributed by atoms with Gasteiger partial charge in [0.1, 0.15) is 6.54 Å². The molecule has 1 aliphatic rings. The standard InChI is InChI=1S/C12H21N5O/c1-9(10-4-2-3-5-10)14-12(18)8-17-7-11(6-13)15-16-17/h7,9-10H,2-6,8,13H2,1H3,(H,14,18)/t9-/m0/s1. The van der Waals surface area contributed by atoms with Gasteiger partial charge >= 0.3 is 0 Å². The first kappa shape index (κ1) is 13.0. The van der Waals surface area contributed by atoms with Crippen LogP contribution in [0.25, 0.3) is 0 Å². The summed E-state index contributed by atoms with van der Waals surface area (Å²) in [6.07, 6.45) is 6.73. The SMILES string of the molecule is C[C@H](NC(=O)Cn1cc(CN)nn1)C1CCCC1. The summed E-state index contributed by atoms with van der Waals surface area (Å²) in [7, 11) is 0. The van der Waals surface area contributed by atoms with Crippen LogP contribution in [0.3, 0.4) is 0 Å². The van der Waals surface area contributed by atoms with Gasteiger partial charge in [-0.15, -0.1) is 5.10 Å². The van der Waals surface area contributed by atoms with Gasteiger partial charge < -0.3 is 11.1 Å². The average Bonchev–Trinajstić information content (AvgIpc) is 2.98. The zero-order valence-electron chi connectivity index (χ0n) is 10.8. The molecule has 0 unspecified atom stereocenters.